The summed E-state index contributed by atoms with van der Waals surface area (Å²) in [4.78, 5) is 25.5. The molecule has 2 aromatic rings. The maximum atomic E-state index is 12.8. The van der Waals surface area contributed by atoms with E-state index in [9.17, 15) is 9.59 Å². The predicted octanol–water partition coefficient (Wildman–Crippen LogP) is 3.36. The minimum Gasteiger partial charge on any atom is -0.347 e. The fourth-order valence-corrected chi connectivity index (χ4v) is 7.40. The van der Waals surface area contributed by atoms with E-state index >= 15 is 0 Å². The number of rotatable bonds is 9. The summed E-state index contributed by atoms with van der Waals surface area (Å²) < 4.78 is 1.91. The van der Waals surface area contributed by atoms with Gasteiger partial charge in [-0.1, -0.05) is 6.07 Å². The highest BCUT2D eigenvalue weighted by Crippen LogP contribution is 2.61. The average Bonchev–Trinajstić information content (AvgIpc) is 3.18. The second-order valence-electron chi connectivity index (χ2n) is 10.3. The number of thioether (sulfide) groups is 1. The molecule has 1 atom stereocenters. The fourth-order valence-electron chi connectivity index (χ4n) is 6.93. The van der Waals surface area contributed by atoms with Crippen molar-refractivity contribution in [3.63, 3.8) is 0 Å². The number of fused-ring (bicyclic) bond motifs is 1. The van der Waals surface area contributed by atoms with E-state index in [0.29, 0.717) is 6.42 Å². The summed E-state index contributed by atoms with van der Waals surface area (Å²) >= 11 is 1.73. The highest BCUT2D eigenvalue weighted by atomic mass is 32.2. The lowest BCUT2D eigenvalue weighted by Crippen LogP contribution is -2.48. The lowest BCUT2D eigenvalue weighted by atomic mass is 9.49. The minimum atomic E-state index is -0.243. The standard InChI is InChI=1S/C24H33N5O2S/c1-32-7-5-19(23-28-27-20-4-2-3-6-29(20)23)26-22(31)15-25-21(30)14-24-11-16-8-17(12-24)10-18(9-16)13-24/h2-4,6,16-19H,5,7-15H2,1H3,(H,25,30)(H,26,31). The van der Waals surface area contributed by atoms with Gasteiger partial charge in [-0.25, -0.2) is 0 Å². The molecule has 1 unspecified atom stereocenters. The van der Waals surface area contributed by atoms with Gasteiger partial charge in [0.25, 0.3) is 0 Å². The van der Waals surface area contributed by atoms with Gasteiger partial charge in [0.15, 0.2) is 11.5 Å². The molecule has 0 aromatic carbocycles. The van der Waals surface area contributed by atoms with E-state index in [-0.39, 0.29) is 29.8 Å². The maximum Gasteiger partial charge on any atom is 0.239 e. The summed E-state index contributed by atoms with van der Waals surface area (Å²) in [6, 6.07) is 5.50. The fraction of sp³-hybridized carbons (Fsp3) is 0.667. The first-order valence-electron chi connectivity index (χ1n) is 11.9. The van der Waals surface area contributed by atoms with Crippen LogP contribution in [0.4, 0.5) is 0 Å². The zero-order valence-electron chi connectivity index (χ0n) is 18.8. The van der Waals surface area contributed by atoms with E-state index in [1.165, 1.54) is 38.5 Å². The van der Waals surface area contributed by atoms with Crippen LogP contribution in [0.3, 0.4) is 0 Å². The van der Waals surface area contributed by atoms with Gasteiger partial charge >= 0.3 is 0 Å². The number of aromatic nitrogens is 3. The molecule has 8 heteroatoms. The average molecular weight is 456 g/mol. The molecule has 4 bridgehead atoms. The van der Waals surface area contributed by atoms with Crippen molar-refractivity contribution >= 4 is 29.2 Å². The van der Waals surface area contributed by atoms with E-state index in [0.717, 1.165) is 41.4 Å². The summed E-state index contributed by atoms with van der Waals surface area (Å²) in [6.45, 7) is 0.0116. The Morgan fingerprint density at radius 1 is 1.12 bits per heavy atom. The van der Waals surface area contributed by atoms with Gasteiger partial charge < -0.3 is 10.6 Å². The second-order valence-corrected chi connectivity index (χ2v) is 11.2. The summed E-state index contributed by atoms with van der Waals surface area (Å²) in [5.41, 5.74) is 0.950. The summed E-state index contributed by atoms with van der Waals surface area (Å²) in [5, 5.41) is 14.5. The van der Waals surface area contributed by atoms with Crippen molar-refractivity contribution in [1.82, 2.24) is 25.2 Å². The molecule has 0 spiro atoms. The van der Waals surface area contributed by atoms with Crippen LogP contribution in [-0.2, 0) is 9.59 Å². The third kappa shape index (κ3) is 4.51. The van der Waals surface area contributed by atoms with Crippen molar-refractivity contribution in [1.29, 1.82) is 0 Å². The Morgan fingerprint density at radius 3 is 2.53 bits per heavy atom. The summed E-state index contributed by atoms with van der Waals surface area (Å²) in [7, 11) is 0. The topological polar surface area (TPSA) is 88.4 Å². The Labute approximate surface area is 193 Å². The van der Waals surface area contributed by atoms with Gasteiger partial charge in [0.2, 0.25) is 11.8 Å². The number of nitrogens with zero attached hydrogens (tertiary/aromatic N) is 3. The number of carbonyl (C=O) groups excluding carboxylic acids is 2. The molecule has 32 heavy (non-hydrogen) atoms. The van der Waals surface area contributed by atoms with Gasteiger partial charge in [0, 0.05) is 12.6 Å². The molecule has 4 aliphatic rings. The molecule has 6 rings (SSSR count). The van der Waals surface area contributed by atoms with Crippen molar-refractivity contribution in [3.05, 3.63) is 30.2 Å². The number of nitrogens with one attached hydrogen (secondary N) is 2. The smallest absolute Gasteiger partial charge is 0.239 e. The molecular formula is C24H33N5O2S. The number of hydrogen-bond donors (Lipinski definition) is 2. The number of pyridine rings is 1. The Kier molecular flexibility index (Phi) is 6.14. The van der Waals surface area contributed by atoms with E-state index in [1.807, 2.05) is 35.1 Å². The highest BCUT2D eigenvalue weighted by molar-refractivity contribution is 7.98. The van der Waals surface area contributed by atoms with Gasteiger partial charge in [0.1, 0.15) is 0 Å². The highest BCUT2D eigenvalue weighted by Gasteiger charge is 2.51. The number of carbonyl (C=O) groups is 2. The van der Waals surface area contributed by atoms with Crippen LogP contribution in [0.25, 0.3) is 5.65 Å². The van der Waals surface area contributed by atoms with Gasteiger partial charge in [0.05, 0.1) is 12.6 Å². The van der Waals surface area contributed by atoms with E-state index in [2.05, 4.69) is 20.8 Å². The molecular weight excluding hydrogens is 422 g/mol. The van der Waals surface area contributed by atoms with E-state index < -0.39 is 0 Å². The van der Waals surface area contributed by atoms with Crippen molar-refractivity contribution < 1.29 is 9.59 Å². The Morgan fingerprint density at radius 2 is 1.84 bits per heavy atom. The van der Waals surface area contributed by atoms with E-state index in [1.54, 1.807) is 11.8 Å². The second kappa shape index (κ2) is 9.04. The van der Waals surface area contributed by atoms with Crippen LogP contribution >= 0.6 is 11.8 Å². The number of amides is 2. The van der Waals surface area contributed by atoms with Crippen molar-refractivity contribution in [2.75, 3.05) is 18.6 Å². The third-order valence-corrected chi connectivity index (χ3v) is 8.39. The van der Waals surface area contributed by atoms with Crippen LogP contribution in [-0.4, -0.2) is 45.0 Å². The first-order valence-corrected chi connectivity index (χ1v) is 13.3. The molecule has 2 N–H and O–H groups in total. The molecule has 2 heterocycles. The van der Waals surface area contributed by atoms with Crippen LogP contribution in [0.15, 0.2) is 24.4 Å². The number of hydrogen-bond acceptors (Lipinski definition) is 5. The van der Waals surface area contributed by atoms with Crippen LogP contribution in [0.2, 0.25) is 0 Å². The minimum absolute atomic E-state index is 0.0116. The first kappa shape index (κ1) is 21.7. The summed E-state index contributed by atoms with van der Waals surface area (Å²) in [6.07, 6.45) is 13.0. The largest absolute Gasteiger partial charge is 0.347 e. The first-order chi connectivity index (χ1) is 15.5. The van der Waals surface area contributed by atoms with Crippen LogP contribution in [0.5, 0.6) is 0 Å². The third-order valence-electron chi connectivity index (χ3n) is 7.74. The molecule has 0 saturated heterocycles. The Hall–Kier alpha value is -2.09. The SMILES string of the molecule is CSCCC(NC(=O)CNC(=O)CC12CC3CC(CC(C3)C1)C2)c1nnc2ccccn12. The van der Waals surface area contributed by atoms with Crippen molar-refractivity contribution in [2.45, 2.75) is 57.4 Å². The van der Waals surface area contributed by atoms with Crippen molar-refractivity contribution in [2.24, 2.45) is 23.2 Å². The van der Waals surface area contributed by atoms with Gasteiger partial charge in [-0.05, 0) is 92.3 Å². The lowest BCUT2D eigenvalue weighted by molar-refractivity contribution is -0.132. The monoisotopic (exact) mass is 455 g/mol. The molecule has 4 saturated carbocycles. The van der Waals surface area contributed by atoms with Crippen molar-refractivity contribution in [3.8, 4) is 0 Å². The molecule has 172 valence electrons. The molecule has 4 fully saturated rings. The molecule has 2 amide bonds. The molecule has 7 nitrogen and oxygen atoms in total. The molecule has 4 aliphatic carbocycles. The molecule has 2 aromatic heterocycles. The van der Waals surface area contributed by atoms with Crippen LogP contribution < -0.4 is 10.6 Å². The molecule has 0 radical (unpaired) electrons. The zero-order chi connectivity index (χ0) is 22.1. The van der Waals surface area contributed by atoms with E-state index in [4.69, 9.17) is 0 Å². The molecule has 0 aliphatic heterocycles. The van der Waals surface area contributed by atoms with Crippen LogP contribution in [0.1, 0.15) is 63.2 Å². The Bertz CT molecular complexity index is 954. The zero-order valence-corrected chi connectivity index (χ0v) is 19.6. The quantitative estimate of drug-likeness (QED) is 0.605. The van der Waals surface area contributed by atoms with Crippen LogP contribution in [0, 0.1) is 23.2 Å². The maximum absolute atomic E-state index is 12.8. The van der Waals surface area contributed by atoms with Gasteiger partial charge in [-0.2, -0.15) is 11.8 Å². The summed E-state index contributed by atoms with van der Waals surface area (Å²) in [5.74, 6) is 3.94. The predicted molar refractivity (Wildman–Crippen MR) is 125 cm³/mol. The normalized spacial score (nSPS) is 29.2. The van der Waals surface area contributed by atoms with Gasteiger partial charge in [-0.3, -0.25) is 14.0 Å². The Balaban J connectivity index is 1.17. The van der Waals surface area contributed by atoms with Gasteiger partial charge in [-0.15, -0.1) is 10.2 Å². The lowest BCUT2D eigenvalue weighted by Gasteiger charge is -2.56.